The van der Waals surface area contributed by atoms with Gasteiger partial charge in [-0.2, -0.15) is 0 Å². The zero-order valence-corrected chi connectivity index (χ0v) is 39.5. The third-order valence-corrected chi connectivity index (χ3v) is 14.6. The largest absolute Gasteiger partial charge is 0.390 e. The highest BCUT2D eigenvalue weighted by Gasteiger charge is 2.54. The summed E-state index contributed by atoms with van der Waals surface area (Å²) in [6, 6.07) is -3.35. The van der Waals surface area contributed by atoms with Crippen LogP contribution in [0.15, 0.2) is 10.8 Å². The van der Waals surface area contributed by atoms with E-state index in [0.29, 0.717) is 42.2 Å². The summed E-state index contributed by atoms with van der Waals surface area (Å²) in [5.74, 6) is -1.14. The average molecular weight is 1000 g/mol. The minimum atomic E-state index is -1.64. The molecular weight excluding hydrogens is 935 g/mol. The maximum absolute atomic E-state index is 13.2. The molecule has 0 bridgehead atoms. The second-order valence-corrected chi connectivity index (χ2v) is 19.7. The van der Waals surface area contributed by atoms with Crippen LogP contribution in [0.3, 0.4) is 0 Å². The number of nitrogens with two attached hydrogens (primary N) is 6. The Hall–Kier alpha value is -2.65. The molecule has 0 spiro atoms. The van der Waals surface area contributed by atoms with E-state index in [4.69, 9.17) is 62.8 Å². The van der Waals surface area contributed by atoms with Crippen molar-refractivity contribution >= 4 is 40.1 Å². The van der Waals surface area contributed by atoms with Crippen molar-refractivity contribution in [3.05, 3.63) is 21.5 Å². The fourth-order valence-electron chi connectivity index (χ4n) is 8.70. The lowest BCUT2D eigenvalue weighted by Crippen LogP contribution is -2.66. The number of nitrogens with one attached hydrogen (secondary N) is 1. The minimum Gasteiger partial charge on any atom is -0.390 e. The molecule has 1 aliphatic carbocycles. The topological polar surface area (TPSA) is 422 Å². The summed E-state index contributed by atoms with van der Waals surface area (Å²) in [4.78, 5) is 47.5. The van der Waals surface area contributed by atoms with Crippen LogP contribution in [0, 0.1) is 5.92 Å². The Balaban J connectivity index is 1.05. The molecule has 19 unspecified atom stereocenters. The lowest BCUT2D eigenvalue weighted by Gasteiger charge is -2.47. The fraction of sp³-hybridized carbons (Fsp3) is 0.786. The van der Waals surface area contributed by atoms with Crippen LogP contribution >= 0.6 is 22.7 Å². The monoisotopic (exact) mass is 1000 g/mol. The first-order valence-electron chi connectivity index (χ1n) is 23.1. The molecule has 384 valence electrons. The van der Waals surface area contributed by atoms with E-state index >= 15 is 0 Å². The van der Waals surface area contributed by atoms with Crippen molar-refractivity contribution in [1.82, 2.24) is 15.3 Å². The molecule has 26 heteroatoms. The van der Waals surface area contributed by atoms with Crippen molar-refractivity contribution in [3.63, 3.8) is 0 Å². The van der Waals surface area contributed by atoms with E-state index < -0.39 is 116 Å². The Morgan fingerprint density at radius 2 is 1.32 bits per heavy atom. The SMILES string of the molecule is CC1CC(N)C(OC2OC(CN)C(O)C(O)C2N)C(OC2OC(CCC(=O)CCC(=O)NCCc3nc(-c4nc(C(=O)CCCCN)cs4)cs3)C(OC3OC(CN)C(O)C(O)C3N)C2O)C1O. The number of rotatable bonds is 23. The fourth-order valence-corrected chi connectivity index (χ4v) is 10.3. The predicted octanol–water partition coefficient (Wildman–Crippen LogP) is -4.20. The predicted molar refractivity (Wildman–Crippen MR) is 243 cm³/mol. The van der Waals surface area contributed by atoms with Crippen LogP contribution < -0.4 is 39.7 Å². The number of amides is 1. The van der Waals surface area contributed by atoms with Gasteiger partial charge in [0.2, 0.25) is 5.91 Å². The minimum absolute atomic E-state index is 0.0380. The second-order valence-electron chi connectivity index (χ2n) is 17.9. The number of aliphatic hydroxyl groups is 6. The molecule has 0 aromatic carbocycles. The number of carbonyl (C=O) groups is 3. The summed E-state index contributed by atoms with van der Waals surface area (Å²) in [5.41, 5.74) is 37.0. The smallest absolute Gasteiger partial charge is 0.220 e. The van der Waals surface area contributed by atoms with Crippen LogP contribution in [0.2, 0.25) is 0 Å². The van der Waals surface area contributed by atoms with Gasteiger partial charge in [-0.3, -0.25) is 14.4 Å². The quantitative estimate of drug-likeness (QED) is 0.0371. The number of carbonyl (C=O) groups excluding carboxylic acids is 3. The molecule has 5 heterocycles. The highest BCUT2D eigenvalue weighted by Crippen LogP contribution is 2.37. The van der Waals surface area contributed by atoms with Crippen LogP contribution in [-0.2, 0) is 44.4 Å². The van der Waals surface area contributed by atoms with Gasteiger partial charge in [-0.05, 0) is 38.1 Å². The number of hydrogen-bond donors (Lipinski definition) is 13. The Labute approximate surface area is 401 Å². The normalized spacial score (nSPS) is 37.6. The number of aromatic nitrogens is 2. The molecule has 19 atom stereocenters. The van der Waals surface area contributed by atoms with E-state index in [1.807, 2.05) is 5.38 Å². The van der Waals surface area contributed by atoms with E-state index in [0.717, 1.165) is 11.4 Å². The lowest BCUT2D eigenvalue weighted by atomic mass is 9.80. The van der Waals surface area contributed by atoms with E-state index in [-0.39, 0.29) is 69.2 Å². The van der Waals surface area contributed by atoms with Crippen LogP contribution in [-0.4, -0.2) is 195 Å². The first kappa shape index (κ1) is 54.7. The Morgan fingerprint density at radius 1 is 0.706 bits per heavy atom. The number of hydrogen-bond acceptors (Lipinski definition) is 25. The first-order chi connectivity index (χ1) is 32.4. The summed E-state index contributed by atoms with van der Waals surface area (Å²) in [7, 11) is 0. The van der Waals surface area contributed by atoms with Gasteiger partial charge in [-0.1, -0.05) is 6.92 Å². The maximum atomic E-state index is 13.2. The number of Topliss-reactive ketones (excluding diaryl/α,β-unsaturated/α-hetero) is 2. The number of aliphatic hydroxyl groups excluding tert-OH is 6. The molecule has 68 heavy (non-hydrogen) atoms. The molecule has 3 aliphatic heterocycles. The van der Waals surface area contributed by atoms with Gasteiger partial charge in [0.15, 0.2) is 24.7 Å². The molecule has 24 nitrogen and oxygen atoms in total. The van der Waals surface area contributed by atoms with E-state index in [2.05, 4.69) is 15.3 Å². The second kappa shape index (κ2) is 25.1. The molecule has 6 rings (SSSR count). The third-order valence-electron chi connectivity index (χ3n) is 12.9. The maximum Gasteiger partial charge on any atom is 0.220 e. The number of ketones is 2. The lowest BCUT2D eigenvalue weighted by molar-refractivity contribution is -0.309. The molecule has 2 aromatic heterocycles. The summed E-state index contributed by atoms with van der Waals surface area (Å²) in [5, 5.41) is 73.2. The van der Waals surface area contributed by atoms with Crippen molar-refractivity contribution in [2.45, 2.75) is 175 Å². The van der Waals surface area contributed by atoms with Crippen LogP contribution in [0.4, 0.5) is 0 Å². The molecule has 0 radical (unpaired) electrons. The van der Waals surface area contributed by atoms with E-state index in [1.165, 1.54) is 22.7 Å². The number of thiazole rings is 2. The van der Waals surface area contributed by atoms with Crippen LogP contribution in [0.25, 0.3) is 10.7 Å². The number of unbranched alkanes of at least 4 members (excludes halogenated alkanes) is 1. The third kappa shape index (κ3) is 13.2. The van der Waals surface area contributed by atoms with Crippen LogP contribution in [0.5, 0.6) is 0 Å². The van der Waals surface area contributed by atoms with Crippen molar-refractivity contribution in [2.75, 3.05) is 26.2 Å². The molecule has 1 amide bonds. The van der Waals surface area contributed by atoms with Crippen molar-refractivity contribution in [1.29, 1.82) is 0 Å². The average Bonchev–Trinajstić information content (AvgIpc) is 4.08. The summed E-state index contributed by atoms with van der Waals surface area (Å²) >= 11 is 2.74. The van der Waals surface area contributed by atoms with Gasteiger partial charge in [-0.15, -0.1) is 22.7 Å². The molecule has 2 aromatic rings. The van der Waals surface area contributed by atoms with Crippen molar-refractivity contribution < 1.29 is 73.4 Å². The number of nitrogens with zero attached hydrogens (tertiary/aromatic N) is 2. The number of ether oxygens (including phenoxy) is 6. The van der Waals surface area contributed by atoms with E-state index in [9.17, 15) is 45.0 Å². The Kier molecular flexibility index (Phi) is 20.2. The zero-order valence-electron chi connectivity index (χ0n) is 37.8. The summed E-state index contributed by atoms with van der Waals surface area (Å²) < 4.78 is 36.4. The first-order valence-corrected chi connectivity index (χ1v) is 24.8. The molecule has 1 saturated carbocycles. The molecule has 19 N–H and O–H groups in total. The highest BCUT2D eigenvalue weighted by atomic mass is 32.1. The summed E-state index contributed by atoms with van der Waals surface area (Å²) in [6.07, 6.45) is -17.9. The van der Waals surface area contributed by atoms with Gasteiger partial charge in [-0.25, -0.2) is 9.97 Å². The zero-order chi connectivity index (χ0) is 49.4. The van der Waals surface area contributed by atoms with Gasteiger partial charge < -0.3 is 98.8 Å². The van der Waals surface area contributed by atoms with Crippen LogP contribution in [0.1, 0.15) is 73.8 Å². The van der Waals surface area contributed by atoms with Gasteiger partial charge in [0.25, 0.3) is 0 Å². The molecule has 4 aliphatic rings. The van der Waals surface area contributed by atoms with Gasteiger partial charge >= 0.3 is 0 Å². The standard InChI is InChI=1S/C42H69N9O15S2/c1-17-12-19(46)36(64-40-28(47)33(58)31(56)24(13-44)62-40)38(30(17)55)66-42-35(60)37(65-41-29(48)34(59)32(57)25(14-45)63-41)23(61-42)7-5-18(52)6-8-26(54)49-11-9-27-50-21(16-67-27)39-51-20(15-68-39)22(53)4-2-3-10-43/h15-17,19,23-25,28-38,40-42,55-60H,2-14,43-48H2,1H3,(H,49,54). The van der Waals surface area contributed by atoms with Gasteiger partial charge in [0, 0.05) is 68.5 Å². The van der Waals surface area contributed by atoms with Gasteiger partial charge in [0.1, 0.15) is 83.2 Å². The van der Waals surface area contributed by atoms with Crippen molar-refractivity contribution in [2.24, 2.45) is 40.3 Å². The molecular formula is C42H69N9O15S2. The summed E-state index contributed by atoms with van der Waals surface area (Å²) in [6.45, 7) is 2.15. The van der Waals surface area contributed by atoms with Gasteiger partial charge in [0.05, 0.1) is 29.3 Å². The van der Waals surface area contributed by atoms with E-state index in [1.54, 1.807) is 12.3 Å². The Morgan fingerprint density at radius 3 is 1.96 bits per heavy atom. The van der Waals surface area contributed by atoms with Crippen molar-refractivity contribution in [3.8, 4) is 10.7 Å². The molecule has 4 fully saturated rings. The Bertz CT molecular complexity index is 1940. The highest BCUT2D eigenvalue weighted by molar-refractivity contribution is 7.14. The molecule has 3 saturated heterocycles.